The Morgan fingerprint density at radius 3 is 2.57 bits per heavy atom. The summed E-state index contributed by atoms with van der Waals surface area (Å²) >= 11 is 0.103. The van der Waals surface area contributed by atoms with E-state index in [4.69, 9.17) is 0 Å². The van der Waals surface area contributed by atoms with Crippen LogP contribution in [0.15, 0.2) is 46.1 Å². The van der Waals surface area contributed by atoms with Gasteiger partial charge in [-0.05, 0) is 0 Å². The zero-order valence-electron chi connectivity index (χ0n) is 8.33. The van der Waals surface area contributed by atoms with Crippen molar-refractivity contribution in [1.82, 2.24) is 0 Å². The van der Waals surface area contributed by atoms with E-state index in [1.54, 1.807) is 3.58 Å². The first-order valence-electron chi connectivity index (χ1n) is 4.92. The van der Waals surface area contributed by atoms with Crippen LogP contribution in [0.25, 0.3) is 0 Å². The van der Waals surface area contributed by atoms with Crippen molar-refractivity contribution >= 4 is 0 Å². The van der Waals surface area contributed by atoms with Gasteiger partial charge in [-0.2, -0.15) is 0 Å². The third-order valence-corrected chi connectivity index (χ3v) is 5.14. The quantitative estimate of drug-likeness (QED) is 0.697. The van der Waals surface area contributed by atoms with Crippen LogP contribution in [-0.4, -0.2) is 0 Å². The molecule has 0 bridgehead atoms. The monoisotopic (exact) mass is 297 g/mol. The van der Waals surface area contributed by atoms with E-state index in [0.29, 0.717) is 0 Å². The fourth-order valence-electron chi connectivity index (χ4n) is 1.39. The molecule has 74 valence electrons. The molecule has 2 rings (SSSR count). The second-order valence-corrected chi connectivity index (χ2v) is 6.64. The fourth-order valence-corrected chi connectivity index (χ4v) is 3.88. The van der Waals surface area contributed by atoms with Gasteiger partial charge in [-0.3, -0.25) is 0 Å². The molecule has 1 aromatic carbocycles. The van der Waals surface area contributed by atoms with Gasteiger partial charge in [0.1, 0.15) is 0 Å². The topological polar surface area (TPSA) is 0 Å². The number of rotatable bonds is 2. The van der Waals surface area contributed by atoms with Crippen molar-refractivity contribution in [3.8, 4) is 0 Å². The number of hydrogen-bond acceptors (Lipinski definition) is 0. The first-order chi connectivity index (χ1) is 6.84. The van der Waals surface area contributed by atoms with Crippen LogP contribution in [-0.2, 0) is 0 Å². The van der Waals surface area contributed by atoms with Crippen LogP contribution in [0.2, 0.25) is 0 Å². The van der Waals surface area contributed by atoms with Crippen LogP contribution in [0.3, 0.4) is 0 Å². The maximum absolute atomic E-state index is 2.30. The third-order valence-electron chi connectivity index (χ3n) is 2.20. The number of benzene rings is 1. The summed E-state index contributed by atoms with van der Waals surface area (Å²) in [6, 6.07) is 8.99. The Morgan fingerprint density at radius 1 is 1.14 bits per heavy atom. The van der Waals surface area contributed by atoms with Gasteiger partial charge < -0.3 is 0 Å². The van der Waals surface area contributed by atoms with Gasteiger partial charge in [0, 0.05) is 0 Å². The predicted octanol–water partition coefficient (Wildman–Crippen LogP) is 0.488. The van der Waals surface area contributed by atoms with Crippen molar-refractivity contribution in [2.45, 2.75) is 19.8 Å². The molecule has 0 amide bonds. The molecule has 0 aromatic heterocycles. The molecule has 0 fully saturated rings. The molecule has 0 atom stereocenters. The van der Waals surface area contributed by atoms with Crippen molar-refractivity contribution in [1.29, 1.82) is 0 Å². The molecular weight excluding hydrogens is 283 g/mol. The first kappa shape index (κ1) is 9.97. The molecule has 1 heteroatoms. The SMILES string of the molecule is Cc1ccc([I-]C2=CC=CCC2)cc1. The number of allylic oxidation sites excluding steroid dienone is 4. The van der Waals surface area contributed by atoms with Gasteiger partial charge in [0.25, 0.3) is 0 Å². The zero-order valence-corrected chi connectivity index (χ0v) is 10.5. The Morgan fingerprint density at radius 2 is 1.93 bits per heavy atom. The molecule has 0 N–H and O–H groups in total. The van der Waals surface area contributed by atoms with E-state index >= 15 is 0 Å². The molecule has 0 radical (unpaired) electrons. The molecule has 0 nitrogen and oxygen atoms in total. The van der Waals surface area contributed by atoms with Crippen LogP contribution in [0.4, 0.5) is 0 Å². The fraction of sp³-hybridized carbons (Fsp3) is 0.231. The van der Waals surface area contributed by atoms with Crippen molar-refractivity contribution in [3.05, 3.63) is 55.2 Å². The van der Waals surface area contributed by atoms with Gasteiger partial charge in [0.05, 0.1) is 0 Å². The predicted molar refractivity (Wildman–Crippen MR) is 56.3 cm³/mol. The van der Waals surface area contributed by atoms with Crippen molar-refractivity contribution in [3.63, 3.8) is 0 Å². The first-order valence-corrected chi connectivity index (χ1v) is 7.07. The van der Waals surface area contributed by atoms with E-state index in [1.165, 1.54) is 22.0 Å². The molecule has 14 heavy (non-hydrogen) atoms. The van der Waals surface area contributed by atoms with Crippen LogP contribution >= 0.6 is 0 Å². The van der Waals surface area contributed by atoms with Gasteiger partial charge in [0.2, 0.25) is 0 Å². The summed E-state index contributed by atoms with van der Waals surface area (Å²) in [5.41, 5.74) is 1.36. The molecule has 1 aliphatic carbocycles. The zero-order chi connectivity index (χ0) is 9.80. The summed E-state index contributed by atoms with van der Waals surface area (Å²) < 4.78 is 3.20. The molecule has 0 heterocycles. The minimum absolute atomic E-state index is 0.103. The molecule has 0 unspecified atom stereocenters. The van der Waals surface area contributed by atoms with E-state index in [1.807, 2.05) is 0 Å². The average Bonchev–Trinajstić information content (AvgIpc) is 2.23. The van der Waals surface area contributed by atoms with Crippen molar-refractivity contribution < 1.29 is 21.2 Å². The van der Waals surface area contributed by atoms with E-state index in [2.05, 4.69) is 49.4 Å². The Hall–Kier alpha value is -0.570. The van der Waals surface area contributed by atoms with E-state index in [-0.39, 0.29) is 21.2 Å². The molecule has 0 saturated carbocycles. The second kappa shape index (κ2) is 4.78. The summed E-state index contributed by atoms with van der Waals surface area (Å²) in [6.07, 6.45) is 9.26. The summed E-state index contributed by atoms with van der Waals surface area (Å²) in [7, 11) is 0. The average molecular weight is 297 g/mol. The Labute approximate surface area is 96.0 Å². The van der Waals surface area contributed by atoms with Crippen molar-refractivity contribution in [2.24, 2.45) is 0 Å². The van der Waals surface area contributed by atoms with E-state index in [9.17, 15) is 0 Å². The number of halogens is 1. The molecule has 0 aliphatic heterocycles. The van der Waals surface area contributed by atoms with E-state index < -0.39 is 0 Å². The summed E-state index contributed by atoms with van der Waals surface area (Å²) in [4.78, 5) is 0. The molecule has 1 aliphatic rings. The normalized spacial score (nSPS) is 15.6. The van der Waals surface area contributed by atoms with Crippen LogP contribution < -0.4 is 21.2 Å². The van der Waals surface area contributed by atoms with Crippen LogP contribution in [0.5, 0.6) is 0 Å². The van der Waals surface area contributed by atoms with Gasteiger partial charge in [0.15, 0.2) is 0 Å². The van der Waals surface area contributed by atoms with Gasteiger partial charge >= 0.3 is 96.2 Å². The Balaban J connectivity index is 2.07. The van der Waals surface area contributed by atoms with Gasteiger partial charge in [-0.1, -0.05) is 0 Å². The van der Waals surface area contributed by atoms with Crippen LogP contribution in [0.1, 0.15) is 18.4 Å². The minimum atomic E-state index is 0.103. The number of aryl methyl sites for hydroxylation is 1. The molecule has 1 aromatic rings. The summed E-state index contributed by atoms with van der Waals surface area (Å²) in [6.45, 7) is 2.14. The maximum atomic E-state index is 2.30. The summed E-state index contributed by atoms with van der Waals surface area (Å²) in [5.74, 6) is 0. The van der Waals surface area contributed by atoms with Crippen molar-refractivity contribution in [2.75, 3.05) is 0 Å². The standard InChI is InChI=1S/C13H14I/c1-11-7-9-13(10-8-11)14-12-5-3-2-4-6-12/h2-3,5,7-10H,4,6H2,1H3/q-1. The molecule has 0 spiro atoms. The van der Waals surface area contributed by atoms with Crippen LogP contribution in [0, 0.1) is 10.5 Å². The van der Waals surface area contributed by atoms with Gasteiger partial charge in [-0.25, -0.2) is 0 Å². The Kier molecular flexibility index (Phi) is 3.40. The summed E-state index contributed by atoms with van der Waals surface area (Å²) in [5, 5.41) is 0. The van der Waals surface area contributed by atoms with Gasteiger partial charge in [-0.15, -0.1) is 0 Å². The second-order valence-electron chi connectivity index (χ2n) is 3.47. The number of hydrogen-bond donors (Lipinski definition) is 0. The van der Waals surface area contributed by atoms with E-state index in [0.717, 1.165) is 0 Å². The molecule has 0 saturated heterocycles. The third kappa shape index (κ3) is 2.71. The Bertz CT molecular complexity index is 357. The molecular formula is C13H14I-.